The molecule has 0 saturated carbocycles. The molecule has 9 heteroatoms. The second-order valence-corrected chi connectivity index (χ2v) is 7.15. The van der Waals surface area contributed by atoms with Crippen molar-refractivity contribution in [1.82, 2.24) is 14.2 Å². The fourth-order valence-electron chi connectivity index (χ4n) is 2.71. The summed E-state index contributed by atoms with van der Waals surface area (Å²) in [7, 11) is 1.41. The SMILES string of the molecule is CC(C)Cn1c(=O)n(C)c(=O)c2c(C(=O)N3C[C@H](O)CO3)csc21. The Balaban J connectivity index is 2.18. The third kappa shape index (κ3) is 2.68. The molecule has 1 N–H and O–H groups in total. The summed E-state index contributed by atoms with van der Waals surface area (Å²) < 4.78 is 2.55. The molecule has 1 aliphatic rings. The largest absolute Gasteiger partial charge is 0.389 e. The van der Waals surface area contributed by atoms with Crippen LogP contribution in [0.15, 0.2) is 15.0 Å². The van der Waals surface area contributed by atoms with E-state index in [1.807, 2.05) is 13.8 Å². The highest BCUT2D eigenvalue weighted by Crippen LogP contribution is 2.25. The molecular weight excluding hydrogens is 334 g/mol. The molecule has 0 radical (unpaired) electrons. The second kappa shape index (κ2) is 6.15. The molecule has 3 rings (SSSR count). The summed E-state index contributed by atoms with van der Waals surface area (Å²) in [6.45, 7) is 4.51. The van der Waals surface area contributed by atoms with Crippen LogP contribution in [0.1, 0.15) is 24.2 Å². The first kappa shape index (κ1) is 16.9. The minimum absolute atomic E-state index is 0.0455. The summed E-state index contributed by atoms with van der Waals surface area (Å²) in [6, 6.07) is 0. The quantitative estimate of drug-likeness (QED) is 0.849. The molecule has 1 aliphatic heterocycles. The van der Waals surface area contributed by atoms with Gasteiger partial charge in [-0.05, 0) is 5.92 Å². The molecule has 8 nitrogen and oxygen atoms in total. The van der Waals surface area contributed by atoms with Gasteiger partial charge in [0.25, 0.3) is 11.5 Å². The fraction of sp³-hybridized carbons (Fsp3) is 0.533. The Kier molecular flexibility index (Phi) is 4.33. The third-order valence-electron chi connectivity index (χ3n) is 3.86. The molecule has 1 atom stereocenters. The number of aliphatic hydroxyl groups excluding tert-OH is 1. The molecular formula is C15H19N3O5S. The normalized spacial score (nSPS) is 18.0. The van der Waals surface area contributed by atoms with Gasteiger partial charge in [0.1, 0.15) is 17.5 Å². The predicted octanol–water partition coefficient (Wildman–Crippen LogP) is 0.166. The summed E-state index contributed by atoms with van der Waals surface area (Å²) in [5.74, 6) is -0.272. The van der Waals surface area contributed by atoms with Crippen molar-refractivity contribution in [3.05, 3.63) is 31.8 Å². The zero-order valence-electron chi connectivity index (χ0n) is 13.7. The smallest absolute Gasteiger partial charge is 0.331 e. The van der Waals surface area contributed by atoms with Crippen molar-refractivity contribution >= 4 is 27.5 Å². The average molecular weight is 353 g/mol. The molecule has 130 valence electrons. The zero-order chi connectivity index (χ0) is 17.6. The first-order valence-corrected chi connectivity index (χ1v) is 8.53. The van der Waals surface area contributed by atoms with Crippen molar-refractivity contribution in [2.24, 2.45) is 13.0 Å². The summed E-state index contributed by atoms with van der Waals surface area (Å²) >= 11 is 1.19. The van der Waals surface area contributed by atoms with E-state index in [0.717, 1.165) is 9.63 Å². The number of β-amino-alcohol motifs (C(OH)–C–C–N with tert-alkyl or cyclic N) is 1. The number of aliphatic hydroxyl groups is 1. The Bertz CT molecular complexity index is 910. The van der Waals surface area contributed by atoms with Gasteiger partial charge in [0.15, 0.2) is 0 Å². The number of fused-ring (bicyclic) bond motifs is 1. The minimum atomic E-state index is -0.735. The van der Waals surface area contributed by atoms with Gasteiger partial charge in [-0.3, -0.25) is 23.6 Å². The van der Waals surface area contributed by atoms with E-state index in [4.69, 9.17) is 4.84 Å². The monoisotopic (exact) mass is 353 g/mol. The number of rotatable bonds is 3. The standard InChI is InChI=1S/C15H19N3O5S/c1-8(2)4-17-14-11(13(21)16(3)15(17)22)10(7-24-14)12(20)18-5-9(19)6-23-18/h7-9,19H,4-6H2,1-3H3/t9-/m0/s1. The van der Waals surface area contributed by atoms with Crippen LogP contribution in [-0.4, -0.2) is 44.5 Å². The van der Waals surface area contributed by atoms with Gasteiger partial charge < -0.3 is 5.11 Å². The second-order valence-electron chi connectivity index (χ2n) is 6.30. The van der Waals surface area contributed by atoms with Crippen molar-refractivity contribution in [2.75, 3.05) is 13.2 Å². The van der Waals surface area contributed by atoms with E-state index in [9.17, 15) is 19.5 Å². The van der Waals surface area contributed by atoms with Crippen LogP contribution in [0.3, 0.4) is 0 Å². The lowest BCUT2D eigenvalue weighted by Gasteiger charge is -2.14. The van der Waals surface area contributed by atoms with Crippen LogP contribution in [0.5, 0.6) is 0 Å². The Morgan fingerprint density at radius 1 is 1.46 bits per heavy atom. The van der Waals surface area contributed by atoms with Crippen molar-refractivity contribution in [3.8, 4) is 0 Å². The molecule has 0 spiro atoms. The number of aromatic nitrogens is 2. The number of hydrogen-bond donors (Lipinski definition) is 1. The van der Waals surface area contributed by atoms with Gasteiger partial charge in [-0.25, -0.2) is 9.86 Å². The molecule has 2 aromatic rings. The van der Waals surface area contributed by atoms with E-state index in [0.29, 0.717) is 11.4 Å². The maximum atomic E-state index is 12.6. The van der Waals surface area contributed by atoms with Gasteiger partial charge in [0, 0.05) is 19.0 Å². The van der Waals surface area contributed by atoms with Crippen LogP contribution in [0, 0.1) is 5.92 Å². The van der Waals surface area contributed by atoms with E-state index < -0.39 is 23.3 Å². The van der Waals surface area contributed by atoms with Crippen molar-refractivity contribution in [3.63, 3.8) is 0 Å². The lowest BCUT2D eigenvalue weighted by atomic mass is 10.2. The number of nitrogens with zero attached hydrogens (tertiary/aromatic N) is 3. The summed E-state index contributed by atoms with van der Waals surface area (Å²) in [4.78, 5) is 43.2. The number of carbonyl (C=O) groups excluding carboxylic acids is 1. The molecule has 0 aliphatic carbocycles. The molecule has 0 unspecified atom stereocenters. The molecule has 0 bridgehead atoms. The fourth-order valence-corrected chi connectivity index (χ4v) is 3.75. The average Bonchev–Trinajstić information content (AvgIpc) is 3.15. The molecule has 1 saturated heterocycles. The first-order chi connectivity index (χ1) is 11.3. The van der Waals surface area contributed by atoms with Crippen molar-refractivity contribution in [2.45, 2.75) is 26.5 Å². The van der Waals surface area contributed by atoms with Crippen LogP contribution in [0.4, 0.5) is 0 Å². The molecule has 24 heavy (non-hydrogen) atoms. The lowest BCUT2D eigenvalue weighted by molar-refractivity contribution is -0.0778. The first-order valence-electron chi connectivity index (χ1n) is 7.65. The highest BCUT2D eigenvalue weighted by molar-refractivity contribution is 7.17. The number of hydrogen-bond acceptors (Lipinski definition) is 6. The Morgan fingerprint density at radius 2 is 2.17 bits per heavy atom. The summed E-state index contributed by atoms with van der Waals surface area (Å²) in [6.07, 6.45) is -0.735. The van der Waals surface area contributed by atoms with Crippen molar-refractivity contribution in [1.29, 1.82) is 0 Å². The molecule has 2 aromatic heterocycles. The zero-order valence-corrected chi connectivity index (χ0v) is 14.5. The predicted molar refractivity (Wildman–Crippen MR) is 89.2 cm³/mol. The Morgan fingerprint density at radius 3 is 2.75 bits per heavy atom. The van der Waals surface area contributed by atoms with Gasteiger partial charge >= 0.3 is 5.69 Å². The Labute approximate surface area is 141 Å². The van der Waals surface area contributed by atoms with Gasteiger partial charge in [-0.1, -0.05) is 13.8 Å². The number of hydroxylamine groups is 2. The molecule has 1 fully saturated rings. The van der Waals surface area contributed by atoms with Gasteiger partial charge in [0.2, 0.25) is 0 Å². The van der Waals surface area contributed by atoms with E-state index in [1.165, 1.54) is 23.0 Å². The van der Waals surface area contributed by atoms with E-state index in [-0.39, 0.29) is 30.0 Å². The number of carbonyl (C=O) groups is 1. The van der Waals surface area contributed by atoms with Crippen LogP contribution in [0.25, 0.3) is 10.2 Å². The van der Waals surface area contributed by atoms with Crippen LogP contribution < -0.4 is 11.2 Å². The van der Waals surface area contributed by atoms with Crippen molar-refractivity contribution < 1.29 is 14.7 Å². The Hall–Kier alpha value is -1.97. The summed E-state index contributed by atoms with van der Waals surface area (Å²) in [5.41, 5.74) is -0.698. The molecule has 3 heterocycles. The van der Waals surface area contributed by atoms with Crippen LogP contribution >= 0.6 is 11.3 Å². The topological polar surface area (TPSA) is 93.8 Å². The van der Waals surface area contributed by atoms with E-state index in [2.05, 4.69) is 0 Å². The lowest BCUT2D eigenvalue weighted by Crippen LogP contribution is -2.39. The highest BCUT2D eigenvalue weighted by Gasteiger charge is 2.30. The molecule has 0 aromatic carbocycles. The van der Waals surface area contributed by atoms with Crippen LogP contribution in [0.2, 0.25) is 0 Å². The van der Waals surface area contributed by atoms with Gasteiger partial charge in [0.05, 0.1) is 17.5 Å². The van der Waals surface area contributed by atoms with E-state index >= 15 is 0 Å². The van der Waals surface area contributed by atoms with Gasteiger partial charge in [-0.2, -0.15) is 0 Å². The molecule has 1 amide bonds. The third-order valence-corrected chi connectivity index (χ3v) is 4.86. The highest BCUT2D eigenvalue weighted by atomic mass is 32.1. The van der Waals surface area contributed by atoms with Crippen LogP contribution in [-0.2, 0) is 18.4 Å². The maximum Gasteiger partial charge on any atom is 0.331 e. The van der Waals surface area contributed by atoms with E-state index in [1.54, 1.807) is 5.38 Å². The maximum absolute atomic E-state index is 12.6. The number of amides is 1. The van der Waals surface area contributed by atoms with Gasteiger partial charge in [-0.15, -0.1) is 11.3 Å². The number of thiophene rings is 1. The minimum Gasteiger partial charge on any atom is -0.389 e. The summed E-state index contributed by atoms with van der Waals surface area (Å²) in [5, 5.41) is 12.4.